The maximum absolute atomic E-state index is 11.9. The first kappa shape index (κ1) is 18.7. The zero-order valence-corrected chi connectivity index (χ0v) is 15.2. The molecule has 6 heteroatoms. The highest BCUT2D eigenvalue weighted by atomic mass is 16.6. The Morgan fingerprint density at radius 1 is 1.44 bits per heavy atom. The van der Waals surface area contributed by atoms with E-state index in [0.29, 0.717) is 17.9 Å². The summed E-state index contributed by atoms with van der Waals surface area (Å²) in [6, 6.07) is 5.24. The maximum atomic E-state index is 11.9. The van der Waals surface area contributed by atoms with Gasteiger partial charge in [-0.05, 0) is 52.3 Å². The van der Waals surface area contributed by atoms with Gasteiger partial charge in [0, 0.05) is 11.9 Å². The van der Waals surface area contributed by atoms with E-state index in [-0.39, 0.29) is 6.04 Å². The summed E-state index contributed by atoms with van der Waals surface area (Å²) >= 11 is 0. The molecule has 1 amide bonds. The van der Waals surface area contributed by atoms with Crippen LogP contribution < -0.4 is 5.32 Å². The van der Waals surface area contributed by atoms with E-state index in [2.05, 4.69) is 16.9 Å². The predicted octanol–water partition coefficient (Wildman–Crippen LogP) is 4.01. The molecule has 1 atom stereocenters. The van der Waals surface area contributed by atoms with Crippen molar-refractivity contribution in [2.24, 2.45) is 0 Å². The summed E-state index contributed by atoms with van der Waals surface area (Å²) < 4.78 is 7.14. The molecule has 1 unspecified atom stereocenters. The third-order valence-electron chi connectivity index (χ3n) is 3.65. The second kappa shape index (κ2) is 7.51. The fourth-order valence-corrected chi connectivity index (χ4v) is 2.51. The van der Waals surface area contributed by atoms with Crippen LogP contribution in [0.3, 0.4) is 0 Å². The van der Waals surface area contributed by atoms with E-state index in [1.807, 2.05) is 50.5 Å². The Hall–Kier alpha value is -2.63. The van der Waals surface area contributed by atoms with Crippen LogP contribution in [-0.4, -0.2) is 27.5 Å². The summed E-state index contributed by atoms with van der Waals surface area (Å²) in [5.74, 6) is 0. The number of aromatic nitrogens is 2. The van der Waals surface area contributed by atoms with Gasteiger partial charge in [0.1, 0.15) is 11.2 Å². The van der Waals surface area contributed by atoms with E-state index in [1.165, 1.54) is 0 Å². The molecule has 0 saturated heterocycles. The first-order valence-corrected chi connectivity index (χ1v) is 8.31. The van der Waals surface area contributed by atoms with E-state index >= 15 is 0 Å². The lowest BCUT2D eigenvalue weighted by Crippen LogP contribution is -2.34. The maximum Gasteiger partial charge on any atom is 0.408 e. The summed E-state index contributed by atoms with van der Waals surface area (Å²) in [6.45, 7) is 11.6. The molecular weight excluding hydrogens is 318 g/mol. The minimum absolute atomic E-state index is 0.318. The van der Waals surface area contributed by atoms with Gasteiger partial charge in [-0.1, -0.05) is 6.08 Å². The lowest BCUT2D eigenvalue weighted by Gasteiger charge is -2.21. The Labute approximate surface area is 147 Å². The van der Waals surface area contributed by atoms with Gasteiger partial charge in [0.15, 0.2) is 6.29 Å². The molecule has 0 aliphatic heterocycles. The number of ether oxygens (including phenoxy) is 1. The smallest absolute Gasteiger partial charge is 0.408 e. The first-order chi connectivity index (χ1) is 11.7. The van der Waals surface area contributed by atoms with Crippen molar-refractivity contribution in [3.05, 3.63) is 42.2 Å². The third-order valence-corrected chi connectivity index (χ3v) is 3.65. The quantitative estimate of drug-likeness (QED) is 0.635. The van der Waals surface area contributed by atoms with Gasteiger partial charge in [0.2, 0.25) is 0 Å². The molecule has 1 N–H and O–H groups in total. The summed E-state index contributed by atoms with van der Waals surface area (Å²) in [6.07, 6.45) is 2.88. The normalized spacial score (nSPS) is 12.6. The van der Waals surface area contributed by atoms with E-state index in [1.54, 1.807) is 6.08 Å². The number of nitrogens with zero attached hydrogens (tertiary/aromatic N) is 2. The van der Waals surface area contributed by atoms with Crippen LogP contribution in [-0.2, 0) is 11.3 Å². The number of aldehydes is 1. The molecule has 2 aromatic rings. The second-order valence-electron chi connectivity index (χ2n) is 6.93. The van der Waals surface area contributed by atoms with E-state index in [9.17, 15) is 9.59 Å². The number of fused-ring (bicyclic) bond motifs is 1. The third kappa shape index (κ3) is 4.68. The predicted molar refractivity (Wildman–Crippen MR) is 97.7 cm³/mol. The standard InChI is InChI=1S/C19H25N3O3/c1-6-7-10-22-15(12-23)11-14-8-9-16(21-17(14)22)13(2)20-18(24)25-19(3,4)5/h6,8-9,11-13H,1,7,10H2,2-5H3,(H,20,24). The number of hydrogen-bond acceptors (Lipinski definition) is 4. The molecule has 0 aliphatic carbocycles. The Kier molecular flexibility index (Phi) is 5.62. The Bertz CT molecular complexity index is 787. The SMILES string of the molecule is C=CCCn1c(C=O)cc2ccc(C(C)NC(=O)OC(C)(C)C)nc21. The van der Waals surface area contributed by atoms with E-state index in [4.69, 9.17) is 4.74 Å². The molecule has 0 fully saturated rings. The van der Waals surface area contributed by atoms with Gasteiger partial charge in [-0.3, -0.25) is 4.79 Å². The molecule has 0 aromatic carbocycles. The highest BCUT2D eigenvalue weighted by Crippen LogP contribution is 2.21. The molecule has 25 heavy (non-hydrogen) atoms. The van der Waals surface area contributed by atoms with Gasteiger partial charge >= 0.3 is 6.09 Å². The summed E-state index contributed by atoms with van der Waals surface area (Å²) in [5, 5.41) is 3.67. The van der Waals surface area contributed by atoms with E-state index < -0.39 is 11.7 Å². The molecule has 2 aromatic heterocycles. The van der Waals surface area contributed by atoms with Crippen molar-refractivity contribution in [2.75, 3.05) is 0 Å². The van der Waals surface area contributed by atoms with Crippen molar-refractivity contribution in [3.8, 4) is 0 Å². The van der Waals surface area contributed by atoms with Crippen molar-refractivity contribution >= 4 is 23.4 Å². The number of amides is 1. The second-order valence-corrected chi connectivity index (χ2v) is 6.93. The highest BCUT2D eigenvalue weighted by molar-refractivity contribution is 5.86. The topological polar surface area (TPSA) is 73.2 Å². The van der Waals surface area contributed by atoms with Gasteiger partial charge in [0.05, 0.1) is 17.4 Å². The average molecular weight is 343 g/mol. The van der Waals surface area contributed by atoms with Gasteiger partial charge in [0.25, 0.3) is 0 Å². The average Bonchev–Trinajstić information content (AvgIpc) is 2.87. The lowest BCUT2D eigenvalue weighted by atomic mass is 10.2. The fraction of sp³-hybridized carbons (Fsp3) is 0.421. The molecule has 0 spiro atoms. The van der Waals surface area contributed by atoms with Crippen LogP contribution in [0.1, 0.15) is 56.3 Å². The number of carbonyl (C=O) groups is 2. The zero-order valence-electron chi connectivity index (χ0n) is 15.2. The molecule has 6 nitrogen and oxygen atoms in total. The van der Waals surface area contributed by atoms with Crippen LogP contribution in [0.2, 0.25) is 0 Å². The largest absolute Gasteiger partial charge is 0.444 e. The first-order valence-electron chi connectivity index (χ1n) is 8.31. The van der Waals surface area contributed by atoms with Gasteiger partial charge in [-0.15, -0.1) is 6.58 Å². The van der Waals surface area contributed by atoms with Gasteiger partial charge in [-0.2, -0.15) is 0 Å². The number of pyridine rings is 1. The number of nitrogens with one attached hydrogen (secondary N) is 1. The minimum Gasteiger partial charge on any atom is -0.444 e. The molecule has 2 rings (SSSR count). The number of alkyl carbamates (subject to hydrolysis) is 1. The number of rotatable bonds is 6. The van der Waals surface area contributed by atoms with Crippen LogP contribution in [0.25, 0.3) is 11.0 Å². The lowest BCUT2D eigenvalue weighted by molar-refractivity contribution is 0.0507. The van der Waals surface area contributed by atoms with Gasteiger partial charge in [-0.25, -0.2) is 9.78 Å². The number of hydrogen-bond donors (Lipinski definition) is 1. The molecule has 0 radical (unpaired) electrons. The summed E-state index contributed by atoms with van der Waals surface area (Å²) in [7, 11) is 0. The highest BCUT2D eigenvalue weighted by Gasteiger charge is 2.19. The molecule has 2 heterocycles. The number of carbonyl (C=O) groups excluding carboxylic acids is 2. The van der Waals surface area contributed by atoms with Crippen LogP contribution in [0, 0.1) is 0 Å². The molecule has 0 saturated carbocycles. The minimum atomic E-state index is -0.556. The van der Waals surface area contributed by atoms with Crippen LogP contribution in [0.15, 0.2) is 30.9 Å². The monoisotopic (exact) mass is 343 g/mol. The number of allylic oxidation sites excluding steroid dienone is 1. The fourth-order valence-electron chi connectivity index (χ4n) is 2.51. The molecule has 0 bridgehead atoms. The molecule has 0 aliphatic rings. The molecule has 134 valence electrons. The zero-order chi connectivity index (χ0) is 18.6. The van der Waals surface area contributed by atoms with Crippen LogP contribution >= 0.6 is 0 Å². The van der Waals surface area contributed by atoms with Crippen LogP contribution in [0.5, 0.6) is 0 Å². The number of aryl methyl sites for hydroxylation is 1. The summed E-state index contributed by atoms with van der Waals surface area (Å²) in [4.78, 5) is 27.9. The van der Waals surface area contributed by atoms with Crippen molar-refractivity contribution in [1.29, 1.82) is 0 Å². The Morgan fingerprint density at radius 3 is 2.76 bits per heavy atom. The van der Waals surface area contributed by atoms with Crippen molar-refractivity contribution in [3.63, 3.8) is 0 Å². The molecular formula is C19H25N3O3. The Morgan fingerprint density at radius 2 is 2.16 bits per heavy atom. The van der Waals surface area contributed by atoms with Gasteiger partial charge < -0.3 is 14.6 Å². The van der Waals surface area contributed by atoms with E-state index in [0.717, 1.165) is 23.7 Å². The van der Waals surface area contributed by atoms with Crippen molar-refractivity contribution in [2.45, 2.75) is 52.3 Å². The van der Waals surface area contributed by atoms with Crippen LogP contribution in [0.4, 0.5) is 4.79 Å². The Balaban J connectivity index is 2.28. The van der Waals surface area contributed by atoms with Crippen molar-refractivity contribution < 1.29 is 14.3 Å². The van der Waals surface area contributed by atoms with Crippen molar-refractivity contribution in [1.82, 2.24) is 14.9 Å². The summed E-state index contributed by atoms with van der Waals surface area (Å²) in [5.41, 5.74) is 1.45.